The van der Waals surface area contributed by atoms with E-state index in [1.807, 2.05) is 0 Å². The molecule has 0 amide bonds. The standard InChI is InChI=1S/C12H19NOS/c1-8(9-5-4-6-15-9)13-10-7-11(14)12(10,2)3/h4-6,8,10-11,13-14H,7H2,1-3H3. The van der Waals surface area contributed by atoms with Gasteiger partial charge in [-0.25, -0.2) is 0 Å². The quantitative estimate of drug-likeness (QED) is 0.828. The normalized spacial score (nSPS) is 30.9. The van der Waals surface area contributed by atoms with Gasteiger partial charge in [-0.2, -0.15) is 0 Å². The summed E-state index contributed by atoms with van der Waals surface area (Å²) in [5.41, 5.74) is 0.0194. The summed E-state index contributed by atoms with van der Waals surface area (Å²) >= 11 is 1.78. The molecular formula is C12H19NOS. The predicted octanol–water partition coefficient (Wildman–Crippen LogP) is 2.56. The molecule has 0 aromatic carbocycles. The van der Waals surface area contributed by atoms with E-state index < -0.39 is 0 Å². The van der Waals surface area contributed by atoms with Crippen LogP contribution in [0.4, 0.5) is 0 Å². The smallest absolute Gasteiger partial charge is 0.0621 e. The van der Waals surface area contributed by atoms with Crippen molar-refractivity contribution < 1.29 is 5.11 Å². The largest absolute Gasteiger partial charge is 0.392 e. The molecule has 3 heteroatoms. The topological polar surface area (TPSA) is 32.3 Å². The fraction of sp³-hybridized carbons (Fsp3) is 0.667. The number of thiophene rings is 1. The summed E-state index contributed by atoms with van der Waals surface area (Å²) in [5, 5.41) is 15.3. The van der Waals surface area contributed by atoms with E-state index >= 15 is 0 Å². The lowest BCUT2D eigenvalue weighted by atomic mass is 9.64. The molecule has 2 N–H and O–H groups in total. The van der Waals surface area contributed by atoms with Gasteiger partial charge in [-0.15, -0.1) is 11.3 Å². The van der Waals surface area contributed by atoms with Crippen molar-refractivity contribution in [1.29, 1.82) is 0 Å². The molecule has 84 valence electrons. The molecule has 1 saturated carbocycles. The minimum Gasteiger partial charge on any atom is -0.392 e. The Kier molecular flexibility index (Phi) is 2.88. The van der Waals surface area contributed by atoms with Crippen LogP contribution in [-0.2, 0) is 0 Å². The number of rotatable bonds is 3. The molecule has 2 rings (SSSR count). The second kappa shape index (κ2) is 3.89. The van der Waals surface area contributed by atoms with Crippen molar-refractivity contribution >= 4 is 11.3 Å². The molecule has 0 saturated heterocycles. The number of hydrogen-bond acceptors (Lipinski definition) is 3. The van der Waals surface area contributed by atoms with Crippen LogP contribution in [0.2, 0.25) is 0 Å². The SMILES string of the molecule is CC(NC1CC(O)C1(C)C)c1cccs1. The van der Waals surface area contributed by atoms with Crippen LogP contribution in [0, 0.1) is 5.41 Å². The van der Waals surface area contributed by atoms with Crippen LogP contribution in [0.1, 0.15) is 38.1 Å². The molecule has 2 nitrogen and oxygen atoms in total. The van der Waals surface area contributed by atoms with Crippen LogP contribution in [0.5, 0.6) is 0 Å². The molecule has 1 fully saturated rings. The van der Waals surface area contributed by atoms with E-state index in [9.17, 15) is 5.11 Å². The van der Waals surface area contributed by atoms with Gasteiger partial charge in [0.1, 0.15) is 0 Å². The zero-order valence-corrected chi connectivity index (χ0v) is 10.3. The zero-order valence-electron chi connectivity index (χ0n) is 9.53. The minimum atomic E-state index is -0.148. The Hall–Kier alpha value is -0.380. The molecule has 1 aliphatic carbocycles. The van der Waals surface area contributed by atoms with Crippen molar-refractivity contribution in [3.05, 3.63) is 22.4 Å². The van der Waals surface area contributed by atoms with Gasteiger partial charge in [-0.1, -0.05) is 19.9 Å². The Morgan fingerprint density at radius 1 is 1.60 bits per heavy atom. The first kappa shape index (κ1) is 11.1. The summed E-state index contributed by atoms with van der Waals surface area (Å²) in [6.07, 6.45) is 0.730. The molecule has 1 aromatic rings. The maximum Gasteiger partial charge on any atom is 0.0621 e. The number of hydrogen-bond donors (Lipinski definition) is 2. The van der Waals surface area contributed by atoms with Crippen molar-refractivity contribution in [2.75, 3.05) is 0 Å². The highest BCUT2D eigenvalue weighted by molar-refractivity contribution is 7.10. The van der Waals surface area contributed by atoms with Crippen molar-refractivity contribution in [2.45, 2.75) is 45.4 Å². The highest BCUT2D eigenvalue weighted by atomic mass is 32.1. The Labute approximate surface area is 95.3 Å². The van der Waals surface area contributed by atoms with E-state index in [0.29, 0.717) is 12.1 Å². The van der Waals surface area contributed by atoms with E-state index in [1.54, 1.807) is 11.3 Å². The highest BCUT2D eigenvalue weighted by Gasteiger charge is 2.47. The lowest BCUT2D eigenvalue weighted by molar-refractivity contribution is -0.0753. The van der Waals surface area contributed by atoms with Crippen LogP contribution in [0.3, 0.4) is 0 Å². The van der Waals surface area contributed by atoms with Gasteiger partial charge in [-0.3, -0.25) is 0 Å². The van der Waals surface area contributed by atoms with Gasteiger partial charge in [0.05, 0.1) is 6.10 Å². The first-order valence-corrected chi connectivity index (χ1v) is 6.37. The molecule has 0 radical (unpaired) electrons. The van der Waals surface area contributed by atoms with Crippen LogP contribution >= 0.6 is 11.3 Å². The molecule has 1 aromatic heterocycles. The Morgan fingerprint density at radius 2 is 2.33 bits per heavy atom. The number of nitrogens with one attached hydrogen (secondary N) is 1. The number of aliphatic hydroxyl groups excluding tert-OH is 1. The van der Waals surface area contributed by atoms with E-state index in [4.69, 9.17) is 0 Å². The second-order valence-corrected chi connectivity index (χ2v) is 6.01. The Bertz CT molecular complexity index is 320. The summed E-state index contributed by atoms with van der Waals surface area (Å²) in [4.78, 5) is 1.37. The van der Waals surface area contributed by atoms with Gasteiger partial charge in [0.25, 0.3) is 0 Å². The van der Waals surface area contributed by atoms with Gasteiger partial charge >= 0.3 is 0 Å². The van der Waals surface area contributed by atoms with Crippen molar-refractivity contribution in [2.24, 2.45) is 5.41 Å². The molecule has 0 aliphatic heterocycles. The third kappa shape index (κ3) is 1.96. The third-order valence-electron chi connectivity index (χ3n) is 3.64. The first-order valence-electron chi connectivity index (χ1n) is 5.49. The molecule has 3 unspecified atom stereocenters. The zero-order chi connectivity index (χ0) is 11.1. The summed E-state index contributed by atoms with van der Waals surface area (Å²) in [6, 6.07) is 5.06. The highest BCUT2D eigenvalue weighted by Crippen LogP contribution is 2.41. The molecular weight excluding hydrogens is 206 g/mol. The molecule has 0 spiro atoms. The van der Waals surface area contributed by atoms with Gasteiger partial charge < -0.3 is 10.4 Å². The fourth-order valence-electron chi connectivity index (χ4n) is 2.11. The van der Waals surface area contributed by atoms with E-state index in [2.05, 4.69) is 43.6 Å². The van der Waals surface area contributed by atoms with E-state index in [-0.39, 0.29) is 11.5 Å². The third-order valence-corrected chi connectivity index (χ3v) is 4.69. The maximum atomic E-state index is 9.65. The summed E-state index contributed by atoms with van der Waals surface area (Å²) in [6.45, 7) is 6.44. The van der Waals surface area contributed by atoms with E-state index in [1.165, 1.54) is 4.88 Å². The summed E-state index contributed by atoms with van der Waals surface area (Å²) in [7, 11) is 0. The molecule has 3 atom stereocenters. The monoisotopic (exact) mass is 225 g/mol. The molecule has 1 heterocycles. The van der Waals surface area contributed by atoms with Crippen molar-refractivity contribution in [3.8, 4) is 0 Å². The lowest BCUT2D eigenvalue weighted by Gasteiger charge is -2.50. The van der Waals surface area contributed by atoms with Crippen LogP contribution in [0.25, 0.3) is 0 Å². The molecule has 15 heavy (non-hydrogen) atoms. The Morgan fingerprint density at radius 3 is 2.80 bits per heavy atom. The van der Waals surface area contributed by atoms with Crippen LogP contribution in [-0.4, -0.2) is 17.3 Å². The first-order chi connectivity index (χ1) is 7.01. The second-order valence-electron chi connectivity index (χ2n) is 5.03. The minimum absolute atomic E-state index is 0.0194. The summed E-state index contributed by atoms with van der Waals surface area (Å²) in [5.74, 6) is 0. The average molecular weight is 225 g/mol. The van der Waals surface area contributed by atoms with Crippen molar-refractivity contribution in [1.82, 2.24) is 5.32 Å². The van der Waals surface area contributed by atoms with Gasteiger partial charge in [0.2, 0.25) is 0 Å². The number of aliphatic hydroxyl groups is 1. The van der Waals surface area contributed by atoms with Gasteiger partial charge in [-0.05, 0) is 24.8 Å². The van der Waals surface area contributed by atoms with Crippen LogP contribution < -0.4 is 5.32 Å². The fourth-order valence-corrected chi connectivity index (χ4v) is 2.85. The Balaban J connectivity index is 1.94. The maximum absolute atomic E-state index is 9.65. The van der Waals surface area contributed by atoms with E-state index in [0.717, 1.165) is 6.42 Å². The predicted molar refractivity (Wildman–Crippen MR) is 64.1 cm³/mol. The lowest BCUT2D eigenvalue weighted by Crippen LogP contribution is -2.60. The summed E-state index contributed by atoms with van der Waals surface area (Å²) < 4.78 is 0. The average Bonchev–Trinajstić information content (AvgIpc) is 2.70. The molecule has 0 bridgehead atoms. The van der Waals surface area contributed by atoms with Gasteiger partial charge in [0.15, 0.2) is 0 Å². The van der Waals surface area contributed by atoms with Gasteiger partial charge in [0, 0.05) is 22.4 Å². The van der Waals surface area contributed by atoms with Crippen LogP contribution in [0.15, 0.2) is 17.5 Å². The van der Waals surface area contributed by atoms with Crippen molar-refractivity contribution in [3.63, 3.8) is 0 Å². The molecule has 1 aliphatic rings.